The van der Waals surface area contributed by atoms with Gasteiger partial charge in [-0.25, -0.2) is 13.9 Å². The average molecular weight is 436 g/mol. The average Bonchev–Trinajstić information content (AvgIpc) is 3.46. The van der Waals surface area contributed by atoms with Crippen molar-refractivity contribution in [2.75, 3.05) is 11.9 Å². The van der Waals surface area contributed by atoms with Gasteiger partial charge in [0, 0.05) is 36.8 Å². The van der Waals surface area contributed by atoms with E-state index >= 15 is 0 Å². The minimum Gasteiger partial charge on any atom is -0.493 e. The fraction of sp³-hybridized carbons (Fsp3) is 0.190. The second kappa shape index (κ2) is 8.42. The summed E-state index contributed by atoms with van der Waals surface area (Å²) in [6, 6.07) is 13.8. The predicted octanol–water partition coefficient (Wildman–Crippen LogP) is 2.56. The number of anilines is 1. The van der Waals surface area contributed by atoms with Gasteiger partial charge < -0.3 is 10.1 Å². The summed E-state index contributed by atoms with van der Waals surface area (Å²) in [4.78, 5) is 4.60. The van der Waals surface area contributed by atoms with Crippen LogP contribution in [0.15, 0.2) is 55.0 Å². The normalized spacial score (nSPS) is 13.7. The van der Waals surface area contributed by atoms with Crippen molar-refractivity contribution >= 4 is 22.9 Å². The Bertz CT molecular complexity index is 1260. The molecule has 2 aromatic heterocycles. The van der Waals surface area contributed by atoms with Crippen LogP contribution in [0.25, 0.3) is 16.8 Å². The molecule has 0 bridgehead atoms. The molecule has 1 aliphatic rings. The molecule has 9 nitrogen and oxygen atoms in total. The van der Waals surface area contributed by atoms with E-state index in [-0.39, 0.29) is 0 Å². The van der Waals surface area contributed by atoms with Gasteiger partial charge in [-0.1, -0.05) is 36.4 Å². The fourth-order valence-electron chi connectivity index (χ4n) is 3.73. The molecule has 0 saturated heterocycles. The van der Waals surface area contributed by atoms with Crippen molar-refractivity contribution in [3.05, 3.63) is 71.7 Å². The summed E-state index contributed by atoms with van der Waals surface area (Å²) < 4.78 is 29.6. The SMILES string of the molecule is O=S(O)NCc1ccc(-c2cnc(NCc3cccc4c3CCO4)n3cnnc23)cc1. The highest BCUT2D eigenvalue weighted by Crippen LogP contribution is 2.29. The molecule has 1 atom stereocenters. The zero-order valence-corrected chi connectivity index (χ0v) is 17.3. The smallest absolute Gasteiger partial charge is 0.232 e. The molecule has 1 unspecified atom stereocenters. The number of nitrogens with one attached hydrogen (secondary N) is 2. The number of hydrogen-bond donors (Lipinski definition) is 3. The molecule has 10 heteroatoms. The Kier molecular flexibility index (Phi) is 5.33. The maximum Gasteiger partial charge on any atom is 0.232 e. The van der Waals surface area contributed by atoms with Gasteiger partial charge in [0.25, 0.3) is 0 Å². The quantitative estimate of drug-likeness (QED) is 0.382. The van der Waals surface area contributed by atoms with Crippen LogP contribution in [0.2, 0.25) is 0 Å². The maximum absolute atomic E-state index is 10.8. The molecule has 158 valence electrons. The standard InChI is InChI=1S/C21H20N6O3S/c28-31(29)25-10-14-4-6-15(7-5-14)18-12-23-21(27-13-24-26-20(18)27)22-11-16-2-1-3-19-17(16)8-9-30-19/h1-7,12-13,25H,8-11H2,(H,22,23)(H,28,29). The second-order valence-corrected chi connectivity index (χ2v) is 7.92. The lowest BCUT2D eigenvalue weighted by atomic mass is 10.1. The van der Waals surface area contributed by atoms with E-state index in [0.717, 1.165) is 35.5 Å². The summed E-state index contributed by atoms with van der Waals surface area (Å²) in [6.45, 7) is 1.65. The van der Waals surface area contributed by atoms with Crippen molar-refractivity contribution in [1.82, 2.24) is 24.3 Å². The Morgan fingerprint density at radius 3 is 2.87 bits per heavy atom. The van der Waals surface area contributed by atoms with E-state index in [1.807, 2.05) is 40.8 Å². The van der Waals surface area contributed by atoms with Crippen LogP contribution < -0.4 is 14.8 Å². The highest BCUT2D eigenvalue weighted by Gasteiger charge is 2.16. The van der Waals surface area contributed by atoms with E-state index < -0.39 is 11.3 Å². The van der Waals surface area contributed by atoms with E-state index in [1.165, 1.54) is 11.1 Å². The van der Waals surface area contributed by atoms with Gasteiger partial charge in [-0.2, -0.15) is 0 Å². The molecule has 3 heterocycles. The van der Waals surface area contributed by atoms with Crippen LogP contribution in [0.1, 0.15) is 16.7 Å². The second-order valence-electron chi connectivity index (χ2n) is 7.13. The van der Waals surface area contributed by atoms with Crippen LogP contribution in [0.5, 0.6) is 5.75 Å². The van der Waals surface area contributed by atoms with Gasteiger partial charge in [0.2, 0.25) is 17.2 Å². The summed E-state index contributed by atoms with van der Waals surface area (Å²) >= 11 is -2.04. The van der Waals surface area contributed by atoms with Gasteiger partial charge in [0.05, 0.1) is 6.61 Å². The van der Waals surface area contributed by atoms with E-state index in [1.54, 1.807) is 12.5 Å². The molecule has 4 aromatic rings. The van der Waals surface area contributed by atoms with Gasteiger partial charge in [-0.05, 0) is 22.8 Å². The van der Waals surface area contributed by atoms with Crippen LogP contribution in [-0.4, -0.2) is 35.0 Å². The molecule has 2 aromatic carbocycles. The number of nitrogens with zero attached hydrogens (tertiary/aromatic N) is 4. The number of fused-ring (bicyclic) bond motifs is 2. The minimum atomic E-state index is -2.04. The largest absolute Gasteiger partial charge is 0.493 e. The Labute approximate surface area is 180 Å². The van der Waals surface area contributed by atoms with Gasteiger partial charge in [0.1, 0.15) is 12.1 Å². The first kappa shape index (κ1) is 19.6. The predicted molar refractivity (Wildman–Crippen MR) is 117 cm³/mol. The van der Waals surface area contributed by atoms with Crippen molar-refractivity contribution in [3.8, 4) is 16.9 Å². The molecule has 0 amide bonds. The third-order valence-corrected chi connectivity index (χ3v) is 5.67. The third kappa shape index (κ3) is 4.00. The monoisotopic (exact) mass is 436 g/mol. The topological polar surface area (TPSA) is 114 Å². The molecule has 0 saturated carbocycles. The van der Waals surface area contributed by atoms with E-state index in [4.69, 9.17) is 9.29 Å². The lowest BCUT2D eigenvalue weighted by Crippen LogP contribution is -2.15. The van der Waals surface area contributed by atoms with Crippen LogP contribution in [0, 0.1) is 0 Å². The van der Waals surface area contributed by atoms with Crippen molar-refractivity contribution in [1.29, 1.82) is 0 Å². The first-order valence-electron chi connectivity index (χ1n) is 9.79. The van der Waals surface area contributed by atoms with Gasteiger partial charge in [-0.3, -0.25) is 8.95 Å². The van der Waals surface area contributed by atoms with E-state index in [0.29, 0.717) is 24.7 Å². The van der Waals surface area contributed by atoms with Gasteiger partial charge >= 0.3 is 0 Å². The zero-order valence-electron chi connectivity index (χ0n) is 16.5. The Balaban J connectivity index is 1.38. The van der Waals surface area contributed by atoms with Crippen LogP contribution >= 0.6 is 0 Å². The Morgan fingerprint density at radius 1 is 1.16 bits per heavy atom. The number of aromatic nitrogens is 4. The van der Waals surface area contributed by atoms with Crippen molar-refractivity contribution in [3.63, 3.8) is 0 Å². The first-order valence-corrected chi connectivity index (χ1v) is 10.9. The number of ether oxygens (including phenoxy) is 1. The first-order chi connectivity index (χ1) is 15.2. The fourth-order valence-corrected chi connectivity index (χ4v) is 4.02. The molecule has 0 aliphatic carbocycles. The maximum atomic E-state index is 10.8. The number of rotatable bonds is 7. The molecule has 0 fully saturated rings. The molecule has 1 aliphatic heterocycles. The highest BCUT2D eigenvalue weighted by atomic mass is 32.2. The molecule has 5 rings (SSSR count). The summed E-state index contributed by atoms with van der Waals surface area (Å²) in [5.41, 5.74) is 5.81. The third-order valence-electron chi connectivity index (χ3n) is 5.27. The molecule has 0 spiro atoms. The molecular formula is C21H20N6O3S. The van der Waals surface area contributed by atoms with Crippen molar-refractivity contribution < 1.29 is 13.5 Å². The Hall–Kier alpha value is -3.34. The van der Waals surface area contributed by atoms with Gasteiger partial charge in [0.15, 0.2) is 5.65 Å². The van der Waals surface area contributed by atoms with Crippen LogP contribution in [0.3, 0.4) is 0 Å². The van der Waals surface area contributed by atoms with Gasteiger partial charge in [-0.15, -0.1) is 10.2 Å². The lowest BCUT2D eigenvalue weighted by molar-refractivity contribution is 0.357. The molecule has 31 heavy (non-hydrogen) atoms. The van der Waals surface area contributed by atoms with Crippen LogP contribution in [0.4, 0.5) is 5.95 Å². The van der Waals surface area contributed by atoms with Crippen molar-refractivity contribution in [2.24, 2.45) is 0 Å². The zero-order chi connectivity index (χ0) is 21.2. The lowest BCUT2D eigenvalue weighted by Gasteiger charge is -2.12. The molecule has 3 N–H and O–H groups in total. The summed E-state index contributed by atoms with van der Waals surface area (Å²) in [7, 11) is 0. The minimum absolute atomic E-state index is 0.305. The molecular weight excluding hydrogens is 416 g/mol. The van der Waals surface area contributed by atoms with E-state index in [2.05, 4.69) is 31.3 Å². The van der Waals surface area contributed by atoms with E-state index in [9.17, 15) is 4.21 Å². The number of benzene rings is 2. The highest BCUT2D eigenvalue weighted by molar-refractivity contribution is 7.77. The molecule has 0 radical (unpaired) electrons. The summed E-state index contributed by atoms with van der Waals surface area (Å²) in [5.74, 6) is 1.62. The summed E-state index contributed by atoms with van der Waals surface area (Å²) in [6.07, 6.45) is 4.34. The summed E-state index contributed by atoms with van der Waals surface area (Å²) in [5, 5.41) is 11.7. The van der Waals surface area contributed by atoms with Crippen LogP contribution in [-0.2, 0) is 30.8 Å². The van der Waals surface area contributed by atoms with Crippen molar-refractivity contribution in [2.45, 2.75) is 19.5 Å². The Morgan fingerprint density at radius 2 is 2.03 bits per heavy atom. The number of hydrogen-bond acceptors (Lipinski definition) is 6.